The molecule has 0 radical (unpaired) electrons. The maximum atomic E-state index is 5.53. The largest absolute Gasteiger partial charge is 0.494 e. The Morgan fingerprint density at radius 3 is 2.40 bits per heavy atom. The lowest BCUT2D eigenvalue weighted by atomic mass is 9.92. The Morgan fingerprint density at radius 1 is 1.25 bits per heavy atom. The molecule has 0 aromatic heterocycles. The summed E-state index contributed by atoms with van der Waals surface area (Å²) in [6.07, 6.45) is 1.29. The van der Waals surface area contributed by atoms with Gasteiger partial charge in [0, 0.05) is 18.8 Å². The number of hydrogen-bond acceptors (Lipinski definition) is 2. The predicted octanol–water partition coefficient (Wildman–Crippen LogP) is 3.76. The Kier molecular flexibility index (Phi) is 5.24. The molecule has 1 N–H and O–H groups in total. The van der Waals surface area contributed by atoms with E-state index >= 15 is 0 Å². The fraction of sp³-hybridized carbons (Fsp3) is 0.562. The first-order valence-electron chi connectivity index (χ1n) is 7.37. The molecule has 2 atom stereocenters. The summed E-state index contributed by atoms with van der Waals surface area (Å²) >= 11 is 5.53. The van der Waals surface area contributed by atoms with Crippen LogP contribution < -0.4 is 10.1 Å². The maximum absolute atomic E-state index is 5.53. The third-order valence-corrected chi connectivity index (χ3v) is 3.93. The van der Waals surface area contributed by atoms with Crippen LogP contribution in [-0.2, 0) is 0 Å². The van der Waals surface area contributed by atoms with E-state index in [1.54, 1.807) is 0 Å². The molecule has 1 heterocycles. The lowest BCUT2D eigenvalue weighted by Gasteiger charge is -2.36. The van der Waals surface area contributed by atoms with Crippen molar-refractivity contribution in [2.24, 2.45) is 11.8 Å². The van der Waals surface area contributed by atoms with E-state index in [4.69, 9.17) is 17.0 Å². The van der Waals surface area contributed by atoms with Gasteiger partial charge >= 0.3 is 0 Å². The number of nitrogens with zero attached hydrogens (tertiary/aromatic N) is 1. The normalized spacial score (nSPS) is 22.4. The number of thiocarbonyl (C=S) groups is 1. The van der Waals surface area contributed by atoms with Gasteiger partial charge in [0.05, 0.1) is 6.61 Å². The maximum Gasteiger partial charge on any atom is 0.173 e. The summed E-state index contributed by atoms with van der Waals surface area (Å²) in [5.41, 5.74) is 1.02. The standard InChI is InChI=1S/C16H24N2OS/c1-4-19-15-7-5-14(6-8-15)17-16(20)18-10-12(2)9-13(3)11-18/h5-8,12-13H,4,9-11H2,1-3H3,(H,17,20)/t12-,13-/m0/s1. The lowest BCUT2D eigenvalue weighted by Crippen LogP contribution is -2.44. The van der Waals surface area contributed by atoms with Crippen LogP contribution >= 0.6 is 12.2 Å². The van der Waals surface area contributed by atoms with E-state index in [-0.39, 0.29) is 0 Å². The highest BCUT2D eigenvalue weighted by Crippen LogP contribution is 2.22. The van der Waals surface area contributed by atoms with E-state index < -0.39 is 0 Å². The fourth-order valence-electron chi connectivity index (χ4n) is 2.83. The zero-order valence-corrected chi connectivity index (χ0v) is 13.4. The molecule has 0 bridgehead atoms. The van der Waals surface area contributed by atoms with Crippen LogP contribution in [0.25, 0.3) is 0 Å². The van der Waals surface area contributed by atoms with Crippen LogP contribution in [0, 0.1) is 11.8 Å². The average molecular weight is 292 g/mol. The van der Waals surface area contributed by atoms with E-state index in [0.29, 0.717) is 18.4 Å². The highest BCUT2D eigenvalue weighted by Gasteiger charge is 2.23. The monoisotopic (exact) mass is 292 g/mol. The van der Waals surface area contributed by atoms with Crippen molar-refractivity contribution in [2.75, 3.05) is 25.0 Å². The molecular formula is C16H24N2OS. The molecule has 0 amide bonds. The van der Waals surface area contributed by atoms with Crippen LogP contribution in [0.5, 0.6) is 5.75 Å². The molecule has 20 heavy (non-hydrogen) atoms. The van der Waals surface area contributed by atoms with Gasteiger partial charge in [-0.2, -0.15) is 0 Å². The van der Waals surface area contributed by atoms with Crippen molar-refractivity contribution in [3.63, 3.8) is 0 Å². The number of benzene rings is 1. The zero-order chi connectivity index (χ0) is 14.5. The minimum Gasteiger partial charge on any atom is -0.494 e. The quantitative estimate of drug-likeness (QED) is 0.857. The van der Waals surface area contributed by atoms with Crippen molar-refractivity contribution in [2.45, 2.75) is 27.2 Å². The molecule has 1 fully saturated rings. The third-order valence-electron chi connectivity index (χ3n) is 3.57. The summed E-state index contributed by atoms with van der Waals surface area (Å²) in [5.74, 6) is 2.31. The molecule has 0 saturated carbocycles. The van der Waals surface area contributed by atoms with Crippen LogP contribution in [0.1, 0.15) is 27.2 Å². The van der Waals surface area contributed by atoms with Crippen LogP contribution in [0.3, 0.4) is 0 Å². The molecule has 1 aliphatic heterocycles. The number of rotatable bonds is 3. The summed E-state index contributed by atoms with van der Waals surface area (Å²) in [4.78, 5) is 2.28. The first-order chi connectivity index (χ1) is 9.58. The zero-order valence-electron chi connectivity index (χ0n) is 12.6. The van der Waals surface area contributed by atoms with E-state index in [2.05, 4.69) is 24.1 Å². The molecule has 2 rings (SSSR count). The van der Waals surface area contributed by atoms with Crippen molar-refractivity contribution in [1.29, 1.82) is 0 Å². The molecule has 1 aromatic rings. The van der Waals surface area contributed by atoms with Gasteiger partial charge in [-0.05, 0) is 61.7 Å². The number of hydrogen-bond donors (Lipinski definition) is 1. The molecule has 110 valence electrons. The van der Waals surface area contributed by atoms with Gasteiger partial charge in [-0.1, -0.05) is 13.8 Å². The Labute approximate surface area is 127 Å². The summed E-state index contributed by atoms with van der Waals surface area (Å²) < 4.78 is 5.44. The predicted molar refractivity (Wildman–Crippen MR) is 88.3 cm³/mol. The molecule has 3 nitrogen and oxygen atoms in total. The fourth-order valence-corrected chi connectivity index (χ4v) is 3.10. The van der Waals surface area contributed by atoms with Crippen molar-refractivity contribution >= 4 is 23.0 Å². The highest BCUT2D eigenvalue weighted by atomic mass is 32.1. The molecule has 1 aromatic carbocycles. The summed E-state index contributed by atoms with van der Waals surface area (Å²) in [6, 6.07) is 7.95. The molecule has 0 aliphatic carbocycles. The smallest absolute Gasteiger partial charge is 0.173 e. The highest BCUT2D eigenvalue weighted by molar-refractivity contribution is 7.80. The van der Waals surface area contributed by atoms with Gasteiger partial charge in [0.1, 0.15) is 5.75 Å². The van der Waals surface area contributed by atoms with E-state index in [1.807, 2.05) is 31.2 Å². The van der Waals surface area contributed by atoms with Gasteiger partial charge in [0.2, 0.25) is 0 Å². The van der Waals surface area contributed by atoms with Crippen LogP contribution in [0.4, 0.5) is 5.69 Å². The molecular weight excluding hydrogens is 268 g/mol. The van der Waals surface area contributed by atoms with Crippen molar-refractivity contribution in [3.8, 4) is 5.75 Å². The van der Waals surface area contributed by atoms with Crippen LogP contribution in [0.2, 0.25) is 0 Å². The number of likely N-dealkylation sites (tertiary alicyclic amines) is 1. The molecule has 1 saturated heterocycles. The van der Waals surface area contributed by atoms with Crippen molar-refractivity contribution < 1.29 is 4.74 Å². The van der Waals surface area contributed by atoms with Gasteiger partial charge in [0.25, 0.3) is 0 Å². The van der Waals surface area contributed by atoms with E-state index in [1.165, 1.54) is 6.42 Å². The molecule has 0 unspecified atom stereocenters. The first-order valence-corrected chi connectivity index (χ1v) is 7.78. The summed E-state index contributed by atoms with van der Waals surface area (Å²) in [6.45, 7) is 9.36. The van der Waals surface area contributed by atoms with Gasteiger partial charge in [-0.3, -0.25) is 0 Å². The summed E-state index contributed by atoms with van der Waals surface area (Å²) in [5, 5.41) is 4.15. The second kappa shape index (κ2) is 6.93. The SMILES string of the molecule is CCOc1ccc(NC(=S)N2C[C@@H](C)C[C@H](C)C2)cc1. The Morgan fingerprint density at radius 2 is 1.85 bits per heavy atom. The van der Waals surface area contributed by atoms with E-state index in [9.17, 15) is 0 Å². The van der Waals surface area contributed by atoms with Gasteiger partial charge in [-0.25, -0.2) is 0 Å². The molecule has 1 aliphatic rings. The molecule has 0 spiro atoms. The van der Waals surface area contributed by atoms with Gasteiger partial charge in [-0.15, -0.1) is 0 Å². The lowest BCUT2D eigenvalue weighted by molar-refractivity contribution is 0.216. The first kappa shape index (κ1) is 15.1. The topological polar surface area (TPSA) is 24.5 Å². The van der Waals surface area contributed by atoms with Crippen molar-refractivity contribution in [1.82, 2.24) is 4.90 Å². The summed E-state index contributed by atoms with van der Waals surface area (Å²) in [7, 11) is 0. The number of ether oxygens (including phenoxy) is 1. The van der Waals surface area contributed by atoms with E-state index in [0.717, 1.165) is 29.6 Å². The molecule has 4 heteroatoms. The van der Waals surface area contributed by atoms with Gasteiger partial charge < -0.3 is 15.0 Å². The minimum atomic E-state index is 0.689. The van der Waals surface area contributed by atoms with Crippen LogP contribution in [0.15, 0.2) is 24.3 Å². The second-order valence-corrected chi connectivity index (χ2v) is 6.13. The average Bonchev–Trinajstić information content (AvgIpc) is 2.40. The van der Waals surface area contributed by atoms with Crippen LogP contribution in [-0.4, -0.2) is 29.7 Å². The Balaban J connectivity index is 1.93. The third kappa shape index (κ3) is 4.10. The number of piperidine rings is 1. The number of anilines is 1. The number of nitrogens with one attached hydrogen (secondary N) is 1. The second-order valence-electron chi connectivity index (χ2n) is 5.74. The minimum absolute atomic E-state index is 0.689. The van der Waals surface area contributed by atoms with Crippen molar-refractivity contribution in [3.05, 3.63) is 24.3 Å². The Bertz CT molecular complexity index is 436. The van der Waals surface area contributed by atoms with Gasteiger partial charge in [0.15, 0.2) is 5.11 Å². The Hall–Kier alpha value is -1.29.